The molecule has 3 aromatic heterocycles. The Morgan fingerprint density at radius 1 is 1.09 bits per heavy atom. The van der Waals surface area contributed by atoms with Crippen molar-refractivity contribution in [1.82, 2.24) is 19.9 Å². The number of nitrogens with one attached hydrogen (secondary N) is 2. The second kappa shape index (κ2) is 5.79. The van der Waals surface area contributed by atoms with Crippen molar-refractivity contribution >= 4 is 17.0 Å². The van der Waals surface area contributed by atoms with Crippen molar-refractivity contribution in [3.63, 3.8) is 0 Å². The standard InChI is InChI=1S/C17H17N5O/c23-16-14-12(13-7-3-4-9-18-13)8-10-19-15(14)21-17(22-16)20-11-5-1-2-6-11/h3-4,7-11H,1-2,5-6H2,(H2,19,20,21,22,23). The molecule has 1 aliphatic rings. The van der Waals surface area contributed by atoms with Gasteiger partial charge in [-0.15, -0.1) is 0 Å². The monoisotopic (exact) mass is 307 g/mol. The highest BCUT2D eigenvalue weighted by Gasteiger charge is 2.17. The fraction of sp³-hybridized carbons (Fsp3) is 0.294. The fourth-order valence-electron chi connectivity index (χ4n) is 3.13. The van der Waals surface area contributed by atoms with Crippen LogP contribution >= 0.6 is 0 Å². The third-order valence-corrected chi connectivity index (χ3v) is 4.24. The molecule has 0 aromatic carbocycles. The van der Waals surface area contributed by atoms with Crippen LogP contribution in [0.3, 0.4) is 0 Å². The maximum Gasteiger partial charge on any atom is 0.262 e. The molecule has 0 radical (unpaired) electrons. The van der Waals surface area contributed by atoms with E-state index in [1.807, 2.05) is 18.2 Å². The SMILES string of the molecule is O=c1[nH]c(NC2CCCC2)nc2nccc(-c3ccccn3)c12. The molecule has 23 heavy (non-hydrogen) atoms. The van der Waals surface area contributed by atoms with E-state index in [1.54, 1.807) is 18.5 Å². The Morgan fingerprint density at radius 2 is 1.96 bits per heavy atom. The average Bonchev–Trinajstić information content (AvgIpc) is 3.08. The van der Waals surface area contributed by atoms with Crippen LogP contribution in [0.5, 0.6) is 0 Å². The molecule has 0 amide bonds. The second-order valence-corrected chi connectivity index (χ2v) is 5.81. The summed E-state index contributed by atoms with van der Waals surface area (Å²) in [6, 6.07) is 7.80. The lowest BCUT2D eigenvalue weighted by Crippen LogP contribution is -2.20. The Kier molecular flexibility index (Phi) is 3.49. The molecule has 4 rings (SSSR count). The number of rotatable bonds is 3. The van der Waals surface area contributed by atoms with E-state index in [1.165, 1.54) is 12.8 Å². The summed E-state index contributed by atoms with van der Waals surface area (Å²) in [6.45, 7) is 0. The Balaban J connectivity index is 1.81. The van der Waals surface area contributed by atoms with Gasteiger partial charge in [0.1, 0.15) is 0 Å². The van der Waals surface area contributed by atoms with Crippen LogP contribution in [0.4, 0.5) is 5.95 Å². The smallest absolute Gasteiger partial charge is 0.262 e. The summed E-state index contributed by atoms with van der Waals surface area (Å²) in [5, 5.41) is 3.79. The predicted molar refractivity (Wildman–Crippen MR) is 89.3 cm³/mol. The first-order chi connectivity index (χ1) is 11.3. The molecule has 0 atom stereocenters. The van der Waals surface area contributed by atoms with E-state index < -0.39 is 0 Å². The zero-order chi connectivity index (χ0) is 15.6. The lowest BCUT2D eigenvalue weighted by molar-refractivity contribution is 0.744. The minimum absolute atomic E-state index is 0.191. The van der Waals surface area contributed by atoms with Gasteiger partial charge in [-0.25, -0.2) is 4.98 Å². The topological polar surface area (TPSA) is 83.6 Å². The van der Waals surface area contributed by atoms with Gasteiger partial charge in [0.05, 0.1) is 11.1 Å². The van der Waals surface area contributed by atoms with Gasteiger partial charge in [0.15, 0.2) is 5.65 Å². The molecule has 6 nitrogen and oxygen atoms in total. The molecule has 116 valence electrons. The molecule has 0 aliphatic heterocycles. The molecule has 1 aliphatic carbocycles. The summed E-state index contributed by atoms with van der Waals surface area (Å²) in [4.78, 5) is 28.5. The van der Waals surface area contributed by atoms with Crippen molar-refractivity contribution in [2.45, 2.75) is 31.7 Å². The first-order valence-corrected chi connectivity index (χ1v) is 7.88. The van der Waals surface area contributed by atoms with E-state index in [0.29, 0.717) is 23.0 Å². The van der Waals surface area contributed by atoms with Gasteiger partial charge in [0, 0.05) is 24.0 Å². The fourth-order valence-corrected chi connectivity index (χ4v) is 3.13. The molecule has 0 unspecified atom stereocenters. The number of hydrogen-bond acceptors (Lipinski definition) is 5. The van der Waals surface area contributed by atoms with Crippen molar-refractivity contribution < 1.29 is 0 Å². The number of H-pyrrole nitrogens is 1. The van der Waals surface area contributed by atoms with Crippen LogP contribution in [0.2, 0.25) is 0 Å². The molecule has 6 heteroatoms. The van der Waals surface area contributed by atoms with Crippen molar-refractivity contribution in [3.05, 3.63) is 47.0 Å². The summed E-state index contributed by atoms with van der Waals surface area (Å²) < 4.78 is 0. The van der Waals surface area contributed by atoms with Crippen LogP contribution < -0.4 is 10.9 Å². The maximum absolute atomic E-state index is 12.6. The van der Waals surface area contributed by atoms with Gasteiger partial charge in [-0.1, -0.05) is 18.9 Å². The van der Waals surface area contributed by atoms with Crippen molar-refractivity contribution in [2.75, 3.05) is 5.32 Å². The summed E-state index contributed by atoms with van der Waals surface area (Å²) in [5.74, 6) is 0.500. The number of anilines is 1. The summed E-state index contributed by atoms with van der Waals surface area (Å²) in [6.07, 6.45) is 8.04. The number of aromatic nitrogens is 4. The molecular weight excluding hydrogens is 290 g/mol. The third kappa shape index (κ3) is 2.67. The second-order valence-electron chi connectivity index (χ2n) is 5.81. The zero-order valence-corrected chi connectivity index (χ0v) is 12.6. The van der Waals surface area contributed by atoms with Crippen molar-refractivity contribution in [3.8, 4) is 11.3 Å². The highest BCUT2D eigenvalue weighted by molar-refractivity contribution is 5.90. The van der Waals surface area contributed by atoms with E-state index in [9.17, 15) is 4.79 Å². The Bertz CT molecular complexity index is 884. The number of fused-ring (bicyclic) bond motifs is 1. The maximum atomic E-state index is 12.6. The molecule has 3 heterocycles. The van der Waals surface area contributed by atoms with E-state index in [0.717, 1.165) is 24.1 Å². The molecule has 0 saturated heterocycles. The quantitative estimate of drug-likeness (QED) is 0.777. The van der Waals surface area contributed by atoms with E-state index in [-0.39, 0.29) is 5.56 Å². The number of aromatic amines is 1. The van der Waals surface area contributed by atoms with Gasteiger partial charge in [-0.2, -0.15) is 4.98 Å². The van der Waals surface area contributed by atoms with E-state index in [4.69, 9.17) is 0 Å². The largest absolute Gasteiger partial charge is 0.353 e. The van der Waals surface area contributed by atoms with Gasteiger partial charge in [-0.3, -0.25) is 14.8 Å². The highest BCUT2D eigenvalue weighted by atomic mass is 16.1. The Morgan fingerprint density at radius 3 is 2.74 bits per heavy atom. The lowest BCUT2D eigenvalue weighted by Gasteiger charge is -2.12. The first kappa shape index (κ1) is 13.9. The number of hydrogen-bond donors (Lipinski definition) is 2. The van der Waals surface area contributed by atoms with Gasteiger partial charge in [-0.05, 0) is 31.0 Å². The predicted octanol–water partition coefficient (Wildman–Crippen LogP) is 2.73. The zero-order valence-electron chi connectivity index (χ0n) is 12.6. The molecule has 2 N–H and O–H groups in total. The highest BCUT2D eigenvalue weighted by Crippen LogP contribution is 2.24. The molecule has 3 aromatic rings. The molecule has 0 spiro atoms. The van der Waals surface area contributed by atoms with Gasteiger partial charge in [0.25, 0.3) is 5.56 Å². The van der Waals surface area contributed by atoms with Crippen LogP contribution in [0.15, 0.2) is 41.5 Å². The minimum atomic E-state index is -0.191. The van der Waals surface area contributed by atoms with Crippen LogP contribution in [-0.2, 0) is 0 Å². The van der Waals surface area contributed by atoms with E-state index in [2.05, 4.69) is 25.3 Å². The average molecular weight is 307 g/mol. The normalized spacial score (nSPS) is 15.1. The minimum Gasteiger partial charge on any atom is -0.353 e. The summed E-state index contributed by atoms with van der Waals surface area (Å²) >= 11 is 0. The van der Waals surface area contributed by atoms with Gasteiger partial charge in [0.2, 0.25) is 5.95 Å². The molecular formula is C17H17N5O. The molecule has 0 bridgehead atoms. The molecule has 1 fully saturated rings. The number of pyridine rings is 2. The Hall–Kier alpha value is -2.76. The van der Waals surface area contributed by atoms with Crippen LogP contribution in [0.1, 0.15) is 25.7 Å². The summed E-state index contributed by atoms with van der Waals surface area (Å²) in [7, 11) is 0. The Labute approximate surface area is 133 Å². The summed E-state index contributed by atoms with van der Waals surface area (Å²) in [5.41, 5.74) is 1.74. The third-order valence-electron chi connectivity index (χ3n) is 4.24. The van der Waals surface area contributed by atoms with Crippen LogP contribution in [-0.4, -0.2) is 26.0 Å². The van der Waals surface area contributed by atoms with E-state index >= 15 is 0 Å². The first-order valence-electron chi connectivity index (χ1n) is 7.88. The van der Waals surface area contributed by atoms with Crippen molar-refractivity contribution in [1.29, 1.82) is 0 Å². The van der Waals surface area contributed by atoms with Crippen molar-refractivity contribution in [2.24, 2.45) is 0 Å². The number of nitrogens with zero attached hydrogens (tertiary/aromatic N) is 3. The van der Waals surface area contributed by atoms with Gasteiger partial charge < -0.3 is 5.32 Å². The lowest BCUT2D eigenvalue weighted by atomic mass is 10.1. The van der Waals surface area contributed by atoms with Gasteiger partial charge >= 0.3 is 0 Å². The van der Waals surface area contributed by atoms with Crippen LogP contribution in [0.25, 0.3) is 22.3 Å². The van der Waals surface area contributed by atoms with Crippen LogP contribution in [0, 0.1) is 0 Å². The molecule has 1 saturated carbocycles.